The molecule has 1 aliphatic heterocycles. The van der Waals surface area contributed by atoms with Crippen LogP contribution in [-0.4, -0.2) is 25.2 Å². The van der Waals surface area contributed by atoms with Crippen LogP contribution in [0.3, 0.4) is 0 Å². The first-order chi connectivity index (χ1) is 7.27. The molecule has 1 rings (SSSR count). The van der Waals surface area contributed by atoms with Crippen molar-refractivity contribution < 1.29 is 9.53 Å². The lowest BCUT2D eigenvalue weighted by Gasteiger charge is -2.28. The molecule has 0 aromatic rings. The normalized spacial score (nSPS) is 26.3. The highest BCUT2D eigenvalue weighted by molar-refractivity contribution is 5.75. The van der Waals surface area contributed by atoms with E-state index in [2.05, 4.69) is 12.2 Å². The van der Waals surface area contributed by atoms with Crippen LogP contribution in [-0.2, 0) is 9.53 Å². The second kappa shape index (κ2) is 6.83. The van der Waals surface area contributed by atoms with Gasteiger partial charge in [-0.3, -0.25) is 4.79 Å². The predicted molar refractivity (Wildman–Crippen MR) is 60.7 cm³/mol. The molecule has 3 nitrogen and oxygen atoms in total. The summed E-state index contributed by atoms with van der Waals surface area (Å²) in [5.74, 6) is 0.682. The molecular formula is C12H23NO2. The van der Waals surface area contributed by atoms with Crippen LogP contribution in [0.2, 0.25) is 0 Å². The van der Waals surface area contributed by atoms with Crippen LogP contribution in [0.4, 0.5) is 0 Å². The van der Waals surface area contributed by atoms with Crippen molar-refractivity contribution in [3.05, 3.63) is 0 Å². The minimum atomic E-state index is -0.0774. The summed E-state index contributed by atoms with van der Waals surface area (Å²) in [5, 5.41) is 3.29. The van der Waals surface area contributed by atoms with Gasteiger partial charge in [-0.15, -0.1) is 0 Å². The molecule has 1 fully saturated rings. The predicted octanol–water partition coefficient (Wildman–Crippen LogP) is 2.11. The maximum absolute atomic E-state index is 11.4. The van der Waals surface area contributed by atoms with Gasteiger partial charge in [-0.2, -0.15) is 0 Å². The van der Waals surface area contributed by atoms with Crippen LogP contribution < -0.4 is 5.32 Å². The molecule has 1 heterocycles. The zero-order valence-corrected chi connectivity index (χ0v) is 9.92. The summed E-state index contributed by atoms with van der Waals surface area (Å²) in [4.78, 5) is 11.4. The van der Waals surface area contributed by atoms with Gasteiger partial charge in [0.2, 0.25) is 0 Å². The van der Waals surface area contributed by atoms with Crippen molar-refractivity contribution in [1.82, 2.24) is 5.32 Å². The summed E-state index contributed by atoms with van der Waals surface area (Å²) < 4.78 is 5.00. The van der Waals surface area contributed by atoms with E-state index in [9.17, 15) is 4.79 Å². The molecule has 2 atom stereocenters. The van der Waals surface area contributed by atoms with Gasteiger partial charge in [0.1, 0.15) is 6.04 Å². The number of carbonyl (C=O) groups is 1. The Morgan fingerprint density at radius 2 is 2.20 bits per heavy atom. The minimum Gasteiger partial charge on any atom is -0.465 e. The van der Waals surface area contributed by atoms with Gasteiger partial charge >= 0.3 is 5.97 Å². The van der Waals surface area contributed by atoms with E-state index in [-0.39, 0.29) is 12.0 Å². The molecule has 0 aliphatic carbocycles. The molecule has 1 saturated heterocycles. The van der Waals surface area contributed by atoms with Crippen LogP contribution in [0.15, 0.2) is 0 Å². The summed E-state index contributed by atoms with van der Waals surface area (Å²) in [7, 11) is 0. The lowest BCUT2D eigenvalue weighted by atomic mass is 9.91. The maximum atomic E-state index is 11.4. The van der Waals surface area contributed by atoms with Gasteiger partial charge in [-0.05, 0) is 38.6 Å². The summed E-state index contributed by atoms with van der Waals surface area (Å²) in [6.07, 6.45) is 5.96. The second-order valence-corrected chi connectivity index (χ2v) is 4.30. The average molecular weight is 213 g/mol. The molecule has 1 N–H and O–H groups in total. The number of unbranched alkanes of at least 4 members (excludes halogenated alkanes) is 1. The maximum Gasteiger partial charge on any atom is 0.323 e. The molecule has 88 valence electrons. The SMILES string of the molecule is CCCCC1CCC(C(=O)OCC)NC1. The molecule has 2 unspecified atom stereocenters. The third-order valence-electron chi connectivity index (χ3n) is 3.05. The topological polar surface area (TPSA) is 38.3 Å². The number of esters is 1. The van der Waals surface area contributed by atoms with E-state index in [1.54, 1.807) is 0 Å². The van der Waals surface area contributed by atoms with Gasteiger partial charge in [-0.25, -0.2) is 0 Å². The first kappa shape index (κ1) is 12.5. The van der Waals surface area contributed by atoms with Crippen LogP contribution in [0, 0.1) is 5.92 Å². The Bertz CT molecular complexity index is 186. The molecule has 0 radical (unpaired) electrons. The monoisotopic (exact) mass is 213 g/mol. The number of nitrogens with one attached hydrogen (secondary N) is 1. The molecule has 3 heteroatoms. The summed E-state index contributed by atoms with van der Waals surface area (Å²) in [6.45, 7) is 5.53. The van der Waals surface area contributed by atoms with Crippen LogP contribution >= 0.6 is 0 Å². The van der Waals surface area contributed by atoms with E-state index < -0.39 is 0 Å². The Morgan fingerprint density at radius 1 is 1.40 bits per heavy atom. The van der Waals surface area contributed by atoms with Gasteiger partial charge in [-0.1, -0.05) is 19.8 Å². The minimum absolute atomic E-state index is 0.0529. The Hall–Kier alpha value is -0.570. The van der Waals surface area contributed by atoms with Gasteiger partial charge in [0.25, 0.3) is 0 Å². The number of ether oxygens (including phenoxy) is 1. The van der Waals surface area contributed by atoms with E-state index >= 15 is 0 Å². The van der Waals surface area contributed by atoms with Crippen LogP contribution in [0.25, 0.3) is 0 Å². The molecule has 0 bridgehead atoms. The number of carbonyl (C=O) groups excluding carboxylic acids is 1. The highest BCUT2D eigenvalue weighted by Gasteiger charge is 2.25. The number of hydrogen-bond acceptors (Lipinski definition) is 3. The first-order valence-corrected chi connectivity index (χ1v) is 6.18. The van der Waals surface area contributed by atoms with Crippen molar-refractivity contribution in [2.75, 3.05) is 13.2 Å². The van der Waals surface area contributed by atoms with E-state index in [1.165, 1.54) is 19.3 Å². The van der Waals surface area contributed by atoms with Crippen molar-refractivity contribution in [3.63, 3.8) is 0 Å². The molecular weight excluding hydrogens is 190 g/mol. The Morgan fingerprint density at radius 3 is 2.73 bits per heavy atom. The van der Waals surface area contributed by atoms with Gasteiger partial charge in [0.05, 0.1) is 6.61 Å². The van der Waals surface area contributed by atoms with Crippen LogP contribution in [0.5, 0.6) is 0 Å². The lowest BCUT2D eigenvalue weighted by Crippen LogP contribution is -2.44. The van der Waals surface area contributed by atoms with E-state index in [0.29, 0.717) is 6.61 Å². The second-order valence-electron chi connectivity index (χ2n) is 4.30. The molecule has 0 aromatic carbocycles. The largest absolute Gasteiger partial charge is 0.465 e. The fourth-order valence-corrected chi connectivity index (χ4v) is 2.10. The Balaban J connectivity index is 2.20. The smallest absolute Gasteiger partial charge is 0.323 e. The number of piperidine rings is 1. The first-order valence-electron chi connectivity index (χ1n) is 6.18. The van der Waals surface area contributed by atoms with E-state index in [4.69, 9.17) is 4.74 Å². The molecule has 1 aliphatic rings. The molecule has 0 amide bonds. The van der Waals surface area contributed by atoms with Gasteiger partial charge in [0.15, 0.2) is 0 Å². The van der Waals surface area contributed by atoms with Crippen molar-refractivity contribution in [3.8, 4) is 0 Å². The van der Waals surface area contributed by atoms with Crippen molar-refractivity contribution in [1.29, 1.82) is 0 Å². The highest BCUT2D eigenvalue weighted by Crippen LogP contribution is 2.20. The molecule has 0 spiro atoms. The van der Waals surface area contributed by atoms with Gasteiger partial charge in [0, 0.05) is 0 Å². The molecule has 0 saturated carbocycles. The fourth-order valence-electron chi connectivity index (χ4n) is 2.10. The molecule has 15 heavy (non-hydrogen) atoms. The average Bonchev–Trinajstić information content (AvgIpc) is 2.27. The van der Waals surface area contributed by atoms with E-state index in [0.717, 1.165) is 25.3 Å². The summed E-state index contributed by atoms with van der Waals surface area (Å²) >= 11 is 0. The third kappa shape index (κ3) is 4.20. The van der Waals surface area contributed by atoms with E-state index in [1.807, 2.05) is 6.92 Å². The highest BCUT2D eigenvalue weighted by atomic mass is 16.5. The van der Waals surface area contributed by atoms with Gasteiger partial charge < -0.3 is 10.1 Å². The number of rotatable bonds is 5. The van der Waals surface area contributed by atoms with Crippen molar-refractivity contribution >= 4 is 5.97 Å². The Kier molecular flexibility index (Phi) is 5.69. The van der Waals surface area contributed by atoms with Crippen molar-refractivity contribution in [2.24, 2.45) is 5.92 Å². The fraction of sp³-hybridized carbons (Fsp3) is 0.917. The summed E-state index contributed by atoms with van der Waals surface area (Å²) in [5.41, 5.74) is 0. The standard InChI is InChI=1S/C12H23NO2/c1-3-5-6-10-7-8-11(13-9-10)12(14)15-4-2/h10-11,13H,3-9H2,1-2H3. The Labute approximate surface area is 92.6 Å². The summed E-state index contributed by atoms with van der Waals surface area (Å²) in [6, 6.07) is -0.0529. The zero-order chi connectivity index (χ0) is 11.1. The van der Waals surface area contributed by atoms with Crippen molar-refractivity contribution in [2.45, 2.75) is 52.0 Å². The lowest BCUT2D eigenvalue weighted by molar-refractivity contribution is -0.146. The quantitative estimate of drug-likeness (QED) is 0.711. The third-order valence-corrected chi connectivity index (χ3v) is 3.05. The zero-order valence-electron chi connectivity index (χ0n) is 9.92. The van der Waals surface area contributed by atoms with Crippen LogP contribution in [0.1, 0.15) is 46.0 Å². The number of hydrogen-bond donors (Lipinski definition) is 1. The molecule has 0 aromatic heterocycles.